The number of fused-ring (bicyclic) bond motifs is 9. The van der Waals surface area contributed by atoms with E-state index in [1.165, 1.54) is 49.3 Å². The maximum absolute atomic E-state index is 11.8. The Morgan fingerprint density at radius 2 is 0.671 bits per heavy atom. The highest BCUT2D eigenvalue weighted by molar-refractivity contribution is 7.80. The molecule has 6 heteroatoms. The molecule has 398 valence electrons. The van der Waals surface area contributed by atoms with E-state index >= 15 is 0 Å². The first-order valence-corrected chi connectivity index (χ1v) is 31.2. The fourth-order valence-electron chi connectivity index (χ4n) is 11.9. The summed E-state index contributed by atoms with van der Waals surface area (Å²) in [6.07, 6.45) is 0. The van der Waals surface area contributed by atoms with Crippen LogP contribution in [0.2, 0.25) is 0 Å². The van der Waals surface area contributed by atoms with Crippen molar-refractivity contribution >= 4 is 78.0 Å². The molecule has 79 heavy (non-hydrogen) atoms. The average Bonchev–Trinajstić information content (AvgIpc) is 4.05. The molecular formula is C73H77N5P+. The fraction of sp³-hybridized carbons (Fsp3) is 0.315. The standard InChI is InChI=1S/C73H77N5P/c1-69(2,3)46-21-29-61-54(36-46)55-37-47(70(4,5)6)22-30-62(55)76(61)60-28-19-44(42-74)35-53(60)52-27-20-45(43-75)67(77-63-31-23-50(73(13,14)15)40-58(63)59-41-51(79(16,17)18)26-34-66(59)77)68(52)78-64-32-24-48(71(7,8)9)38-56(64)57-39-49(72(10,11)12)25-33-65(57)78/h19-41H,1-18H3/q+1. The molecule has 3 heterocycles. The summed E-state index contributed by atoms with van der Waals surface area (Å²) in [7, 11) is -1.45. The number of nitrogens with zero attached hydrogens (tertiary/aromatic N) is 5. The van der Waals surface area contributed by atoms with Gasteiger partial charge in [0.2, 0.25) is 0 Å². The second-order valence-corrected chi connectivity index (χ2v) is 33.0. The Hall–Kier alpha value is -7.43. The minimum Gasteiger partial charge on any atom is -0.309 e. The largest absolute Gasteiger partial charge is 0.309 e. The van der Waals surface area contributed by atoms with Crippen LogP contribution in [0.4, 0.5) is 0 Å². The van der Waals surface area contributed by atoms with Gasteiger partial charge in [-0.25, -0.2) is 0 Å². The Morgan fingerprint density at radius 3 is 1.01 bits per heavy atom. The molecule has 0 saturated heterocycles. The zero-order valence-electron chi connectivity index (χ0n) is 50.0. The Morgan fingerprint density at radius 1 is 0.329 bits per heavy atom. The van der Waals surface area contributed by atoms with E-state index in [0.29, 0.717) is 11.1 Å². The normalized spacial score (nSPS) is 13.2. The van der Waals surface area contributed by atoms with E-state index in [9.17, 15) is 10.5 Å². The molecule has 3 aromatic heterocycles. The van der Waals surface area contributed by atoms with Crippen LogP contribution in [0.1, 0.15) is 143 Å². The zero-order chi connectivity index (χ0) is 56.8. The van der Waals surface area contributed by atoms with E-state index < -0.39 is 7.26 Å². The van der Waals surface area contributed by atoms with E-state index in [2.05, 4.69) is 277 Å². The molecule has 8 aromatic carbocycles. The number of aromatic nitrogens is 3. The van der Waals surface area contributed by atoms with Crippen molar-refractivity contribution in [1.29, 1.82) is 10.5 Å². The molecule has 0 aliphatic heterocycles. The van der Waals surface area contributed by atoms with Crippen LogP contribution in [-0.2, 0) is 27.1 Å². The molecule has 0 aliphatic rings. The molecule has 0 saturated carbocycles. The molecule has 0 aliphatic carbocycles. The van der Waals surface area contributed by atoms with Crippen LogP contribution in [0.3, 0.4) is 0 Å². The lowest BCUT2D eigenvalue weighted by Crippen LogP contribution is -2.12. The van der Waals surface area contributed by atoms with Gasteiger partial charge in [-0.05, 0) is 158 Å². The third-order valence-corrected chi connectivity index (χ3v) is 18.6. The molecule has 0 bridgehead atoms. The summed E-state index contributed by atoms with van der Waals surface area (Å²) in [6, 6.07) is 57.7. The molecule has 0 fully saturated rings. The average molecular weight is 1060 g/mol. The Labute approximate surface area is 469 Å². The lowest BCUT2D eigenvalue weighted by molar-refractivity contribution is 0.590. The first-order chi connectivity index (χ1) is 36.9. The summed E-state index contributed by atoms with van der Waals surface area (Å²) < 4.78 is 7.26. The lowest BCUT2D eigenvalue weighted by Gasteiger charge is -2.24. The van der Waals surface area contributed by atoms with E-state index in [1.807, 2.05) is 12.1 Å². The third-order valence-electron chi connectivity index (χ3n) is 16.8. The molecule has 0 unspecified atom stereocenters. The summed E-state index contributed by atoms with van der Waals surface area (Å²) in [6.45, 7) is 41.4. The first-order valence-electron chi connectivity index (χ1n) is 28.1. The van der Waals surface area contributed by atoms with Crippen LogP contribution in [0, 0.1) is 22.7 Å². The number of rotatable bonds is 5. The van der Waals surface area contributed by atoms with Crippen molar-refractivity contribution in [3.63, 3.8) is 0 Å². The highest BCUT2D eigenvalue weighted by Crippen LogP contribution is 2.50. The minimum absolute atomic E-state index is 0.0712. The summed E-state index contributed by atoms with van der Waals surface area (Å²) in [5.74, 6) is 0. The summed E-state index contributed by atoms with van der Waals surface area (Å²) in [5.41, 5.74) is 17.7. The van der Waals surface area contributed by atoms with E-state index in [-0.39, 0.29) is 27.1 Å². The van der Waals surface area contributed by atoms with Crippen LogP contribution < -0.4 is 5.30 Å². The number of nitriles is 2. The smallest absolute Gasteiger partial charge is 0.101 e. The van der Waals surface area contributed by atoms with E-state index in [1.54, 1.807) is 0 Å². The SMILES string of the molecule is CC(C)(C)c1ccc2c(c1)c1cc(C(C)(C)C)ccc1n2-c1ccc(C#N)cc1-c1ccc(C#N)c(-n2c3ccc(C(C)(C)C)cc3c3cc([P+](C)(C)C)ccc32)c1-n1c2ccc(C(C)(C)C)cc2c2cc(C(C)(C)C)ccc21. The summed E-state index contributed by atoms with van der Waals surface area (Å²) >= 11 is 0. The predicted octanol–water partition coefficient (Wildman–Crippen LogP) is 19.4. The molecule has 11 aromatic rings. The molecule has 0 radical (unpaired) electrons. The van der Waals surface area contributed by atoms with Crippen molar-refractivity contribution in [2.45, 2.75) is 131 Å². The van der Waals surface area contributed by atoms with Crippen molar-refractivity contribution in [3.05, 3.63) is 178 Å². The van der Waals surface area contributed by atoms with E-state index in [4.69, 9.17) is 0 Å². The number of hydrogen-bond acceptors (Lipinski definition) is 2. The molecule has 5 nitrogen and oxygen atoms in total. The summed E-state index contributed by atoms with van der Waals surface area (Å²) in [4.78, 5) is 0. The van der Waals surface area contributed by atoms with Gasteiger partial charge in [0.25, 0.3) is 0 Å². The molecule has 0 spiro atoms. The van der Waals surface area contributed by atoms with Gasteiger partial charge in [-0.1, -0.05) is 140 Å². The monoisotopic (exact) mass is 1050 g/mol. The predicted molar refractivity (Wildman–Crippen MR) is 342 cm³/mol. The van der Waals surface area contributed by atoms with Crippen molar-refractivity contribution in [2.24, 2.45) is 0 Å². The van der Waals surface area contributed by atoms with Crippen molar-refractivity contribution in [2.75, 3.05) is 20.0 Å². The minimum atomic E-state index is -1.45. The van der Waals surface area contributed by atoms with Gasteiger partial charge in [0.1, 0.15) is 6.07 Å². The second-order valence-electron chi connectivity index (χ2n) is 28.4. The van der Waals surface area contributed by atoms with Gasteiger partial charge in [-0.15, -0.1) is 0 Å². The van der Waals surface area contributed by atoms with Crippen LogP contribution in [0.15, 0.2) is 140 Å². The first kappa shape index (κ1) is 53.6. The number of benzene rings is 8. The zero-order valence-corrected chi connectivity index (χ0v) is 50.9. The van der Waals surface area contributed by atoms with Gasteiger partial charge < -0.3 is 13.7 Å². The topological polar surface area (TPSA) is 62.4 Å². The third kappa shape index (κ3) is 8.95. The fourth-order valence-corrected chi connectivity index (χ4v) is 12.9. The van der Waals surface area contributed by atoms with Crippen LogP contribution in [0.5, 0.6) is 0 Å². The molecular weight excluding hydrogens is 978 g/mol. The van der Waals surface area contributed by atoms with Gasteiger partial charge in [0, 0.05) is 50.7 Å². The van der Waals surface area contributed by atoms with Gasteiger partial charge >= 0.3 is 0 Å². The van der Waals surface area contributed by atoms with Crippen LogP contribution >= 0.6 is 7.26 Å². The van der Waals surface area contributed by atoms with Crippen molar-refractivity contribution in [1.82, 2.24) is 13.7 Å². The Kier molecular flexibility index (Phi) is 12.2. The second kappa shape index (κ2) is 18.0. The van der Waals surface area contributed by atoms with Crippen molar-refractivity contribution in [3.8, 4) is 40.3 Å². The highest BCUT2D eigenvalue weighted by atomic mass is 31.2. The van der Waals surface area contributed by atoms with Gasteiger partial charge in [0.05, 0.1) is 92.7 Å². The Bertz CT molecular complexity index is 4220. The molecule has 11 rings (SSSR count). The molecule has 0 N–H and O–H groups in total. The summed E-state index contributed by atoms with van der Waals surface area (Å²) in [5, 5.41) is 31.1. The van der Waals surface area contributed by atoms with Gasteiger partial charge in [-0.2, -0.15) is 10.5 Å². The number of hydrogen-bond donors (Lipinski definition) is 0. The van der Waals surface area contributed by atoms with Crippen molar-refractivity contribution < 1.29 is 0 Å². The van der Waals surface area contributed by atoms with Crippen LogP contribution in [-0.4, -0.2) is 33.7 Å². The highest BCUT2D eigenvalue weighted by Gasteiger charge is 2.31. The van der Waals surface area contributed by atoms with Crippen LogP contribution in [0.25, 0.3) is 93.6 Å². The Balaban J connectivity index is 1.38. The maximum Gasteiger partial charge on any atom is 0.101 e. The van der Waals surface area contributed by atoms with Gasteiger partial charge in [0.15, 0.2) is 0 Å². The maximum atomic E-state index is 11.8. The van der Waals surface area contributed by atoms with E-state index in [0.717, 1.165) is 77.4 Å². The van der Waals surface area contributed by atoms with Gasteiger partial charge in [-0.3, -0.25) is 0 Å². The molecule has 0 amide bonds. The molecule has 0 atom stereocenters. The lowest BCUT2D eigenvalue weighted by atomic mass is 9.85. The quantitative estimate of drug-likeness (QED) is 0.161.